The van der Waals surface area contributed by atoms with E-state index >= 15 is 0 Å². The molecule has 0 spiro atoms. The summed E-state index contributed by atoms with van der Waals surface area (Å²) in [6.07, 6.45) is 0.467. The van der Waals surface area contributed by atoms with Crippen LogP contribution in [0.5, 0.6) is 0 Å². The molecule has 0 heterocycles. The number of halogens is 3. The maximum Gasteiger partial charge on any atom is 0.301 e. The SMILES string of the molecule is CN(CCCN)S(=O)(=O)Nc1cc(F)c(Br)cc1F. The molecule has 9 heteroatoms. The van der Waals surface area contributed by atoms with Crippen LogP contribution in [0.2, 0.25) is 0 Å². The van der Waals surface area contributed by atoms with Crippen LogP contribution in [0.3, 0.4) is 0 Å². The molecular weight excluding hydrogens is 344 g/mol. The Morgan fingerprint density at radius 2 is 2.00 bits per heavy atom. The van der Waals surface area contributed by atoms with Gasteiger partial charge in [-0.1, -0.05) is 0 Å². The largest absolute Gasteiger partial charge is 0.330 e. The molecule has 0 unspecified atom stereocenters. The van der Waals surface area contributed by atoms with E-state index in [-0.39, 0.29) is 11.0 Å². The molecule has 5 nitrogen and oxygen atoms in total. The quantitative estimate of drug-likeness (QED) is 0.760. The zero-order chi connectivity index (χ0) is 14.6. The monoisotopic (exact) mass is 357 g/mol. The molecule has 0 bridgehead atoms. The summed E-state index contributed by atoms with van der Waals surface area (Å²) in [5, 5.41) is 0. The normalized spacial score (nSPS) is 11.9. The zero-order valence-corrected chi connectivity index (χ0v) is 12.6. The highest BCUT2D eigenvalue weighted by Gasteiger charge is 2.19. The van der Waals surface area contributed by atoms with Crippen molar-refractivity contribution in [3.05, 3.63) is 28.2 Å². The lowest BCUT2D eigenvalue weighted by Gasteiger charge is -2.18. The van der Waals surface area contributed by atoms with Gasteiger partial charge in [0, 0.05) is 19.7 Å². The lowest BCUT2D eigenvalue weighted by Crippen LogP contribution is -2.34. The van der Waals surface area contributed by atoms with E-state index in [4.69, 9.17) is 5.73 Å². The van der Waals surface area contributed by atoms with Crippen LogP contribution in [0.1, 0.15) is 6.42 Å². The average molecular weight is 358 g/mol. The third kappa shape index (κ3) is 4.37. The second-order valence-electron chi connectivity index (χ2n) is 3.82. The maximum atomic E-state index is 13.5. The first kappa shape index (κ1) is 16.3. The first-order chi connectivity index (χ1) is 8.77. The van der Waals surface area contributed by atoms with Crippen LogP contribution in [-0.2, 0) is 10.2 Å². The maximum absolute atomic E-state index is 13.5. The van der Waals surface area contributed by atoms with Crippen molar-refractivity contribution in [2.45, 2.75) is 6.42 Å². The Balaban J connectivity index is 2.92. The van der Waals surface area contributed by atoms with E-state index in [1.54, 1.807) is 0 Å². The highest BCUT2D eigenvalue weighted by Crippen LogP contribution is 2.24. The predicted molar refractivity (Wildman–Crippen MR) is 72.9 cm³/mol. The smallest absolute Gasteiger partial charge is 0.301 e. The number of nitrogens with zero attached hydrogens (tertiary/aromatic N) is 1. The summed E-state index contributed by atoms with van der Waals surface area (Å²) in [6.45, 7) is 0.521. The first-order valence-corrected chi connectivity index (χ1v) is 7.60. The third-order valence-corrected chi connectivity index (χ3v) is 4.43. The number of hydrogen-bond donors (Lipinski definition) is 2. The Hall–Kier alpha value is -0.770. The molecule has 1 aromatic carbocycles. The summed E-state index contributed by atoms with van der Waals surface area (Å²) in [6, 6.07) is 1.63. The van der Waals surface area contributed by atoms with Crippen LogP contribution in [0.15, 0.2) is 16.6 Å². The number of nitrogens with two attached hydrogens (primary N) is 1. The van der Waals surface area contributed by atoms with E-state index in [9.17, 15) is 17.2 Å². The summed E-state index contributed by atoms with van der Waals surface area (Å²) in [5.41, 5.74) is 4.83. The van der Waals surface area contributed by atoms with Crippen LogP contribution < -0.4 is 10.5 Å². The Kier molecular flexibility index (Phi) is 5.65. The van der Waals surface area contributed by atoms with Crippen molar-refractivity contribution in [2.75, 3.05) is 24.9 Å². The Morgan fingerprint density at radius 1 is 1.37 bits per heavy atom. The standard InChI is InChI=1S/C10H14BrF2N3O2S/c1-16(4-2-3-14)19(17,18)15-10-6-8(12)7(11)5-9(10)13/h5-6,15H,2-4,14H2,1H3. The summed E-state index contributed by atoms with van der Waals surface area (Å²) in [7, 11) is -2.61. The molecule has 0 saturated carbocycles. The average Bonchev–Trinajstić information content (AvgIpc) is 2.32. The van der Waals surface area contributed by atoms with E-state index < -0.39 is 27.5 Å². The lowest BCUT2D eigenvalue weighted by atomic mass is 10.3. The van der Waals surface area contributed by atoms with E-state index in [0.717, 1.165) is 16.4 Å². The minimum absolute atomic E-state index is 0.0792. The van der Waals surface area contributed by atoms with Crippen LogP contribution >= 0.6 is 15.9 Å². The van der Waals surface area contributed by atoms with Crippen molar-refractivity contribution in [1.29, 1.82) is 0 Å². The molecule has 1 rings (SSSR count). The molecule has 0 aliphatic rings. The van der Waals surface area contributed by atoms with Crippen molar-refractivity contribution < 1.29 is 17.2 Å². The van der Waals surface area contributed by atoms with Gasteiger partial charge in [-0.25, -0.2) is 8.78 Å². The van der Waals surface area contributed by atoms with Gasteiger partial charge in [0.2, 0.25) is 0 Å². The molecule has 0 fully saturated rings. The van der Waals surface area contributed by atoms with Crippen molar-refractivity contribution in [3.63, 3.8) is 0 Å². The summed E-state index contributed by atoms with van der Waals surface area (Å²) >= 11 is 2.81. The molecule has 0 amide bonds. The van der Waals surface area contributed by atoms with E-state index in [1.165, 1.54) is 7.05 Å². The third-order valence-electron chi connectivity index (χ3n) is 2.34. The Bertz CT molecular complexity index is 554. The summed E-state index contributed by atoms with van der Waals surface area (Å²) < 4.78 is 53.3. The second-order valence-corrected chi connectivity index (χ2v) is 6.45. The lowest BCUT2D eigenvalue weighted by molar-refractivity contribution is 0.468. The fourth-order valence-corrected chi connectivity index (χ4v) is 2.53. The molecule has 0 aromatic heterocycles. The number of benzene rings is 1. The van der Waals surface area contributed by atoms with Crippen LogP contribution in [-0.4, -0.2) is 32.9 Å². The minimum atomic E-state index is -3.93. The van der Waals surface area contributed by atoms with Crippen molar-refractivity contribution in [3.8, 4) is 0 Å². The van der Waals surface area contributed by atoms with Crippen LogP contribution in [0.4, 0.5) is 14.5 Å². The van der Waals surface area contributed by atoms with Gasteiger partial charge < -0.3 is 5.73 Å². The molecular formula is C10H14BrF2N3O2S. The Labute approximate surface area is 119 Å². The molecule has 1 aromatic rings. The molecule has 3 N–H and O–H groups in total. The van der Waals surface area contributed by atoms with Gasteiger partial charge >= 0.3 is 10.2 Å². The minimum Gasteiger partial charge on any atom is -0.330 e. The first-order valence-electron chi connectivity index (χ1n) is 5.36. The van der Waals surface area contributed by atoms with Gasteiger partial charge in [-0.05, 0) is 35.0 Å². The molecule has 0 radical (unpaired) electrons. The summed E-state index contributed by atoms with van der Waals surface area (Å²) in [4.78, 5) is 0. The number of nitrogens with one attached hydrogen (secondary N) is 1. The van der Waals surface area contributed by atoms with Gasteiger partial charge in [-0.2, -0.15) is 12.7 Å². The molecule has 0 aliphatic heterocycles. The van der Waals surface area contributed by atoms with Crippen molar-refractivity contribution in [1.82, 2.24) is 4.31 Å². The van der Waals surface area contributed by atoms with Crippen molar-refractivity contribution >= 4 is 31.8 Å². The van der Waals surface area contributed by atoms with Gasteiger partial charge in [0.15, 0.2) is 0 Å². The molecule has 0 aliphatic carbocycles. The highest BCUT2D eigenvalue weighted by molar-refractivity contribution is 9.10. The van der Waals surface area contributed by atoms with Gasteiger partial charge in [0.05, 0.1) is 10.2 Å². The van der Waals surface area contributed by atoms with Crippen molar-refractivity contribution in [2.24, 2.45) is 5.73 Å². The number of rotatable bonds is 6. The predicted octanol–water partition coefficient (Wildman–Crippen LogP) is 1.66. The second kappa shape index (κ2) is 6.60. The van der Waals surface area contributed by atoms with Gasteiger partial charge in [0.25, 0.3) is 0 Å². The van der Waals surface area contributed by atoms with Gasteiger partial charge in [-0.3, -0.25) is 4.72 Å². The zero-order valence-electron chi connectivity index (χ0n) is 10.2. The Morgan fingerprint density at radius 3 is 2.58 bits per heavy atom. The molecule has 0 saturated heterocycles. The summed E-state index contributed by atoms with van der Waals surface area (Å²) in [5.74, 6) is -1.63. The highest BCUT2D eigenvalue weighted by atomic mass is 79.9. The van der Waals surface area contributed by atoms with Crippen LogP contribution in [0, 0.1) is 11.6 Å². The van der Waals surface area contributed by atoms with Crippen LogP contribution in [0.25, 0.3) is 0 Å². The topological polar surface area (TPSA) is 75.4 Å². The molecule has 19 heavy (non-hydrogen) atoms. The van der Waals surface area contributed by atoms with E-state index in [2.05, 4.69) is 15.9 Å². The number of anilines is 1. The van der Waals surface area contributed by atoms with Gasteiger partial charge in [0.1, 0.15) is 11.6 Å². The fraction of sp³-hybridized carbons (Fsp3) is 0.400. The van der Waals surface area contributed by atoms with Gasteiger partial charge in [-0.15, -0.1) is 0 Å². The molecule has 108 valence electrons. The fourth-order valence-electron chi connectivity index (χ4n) is 1.25. The molecule has 0 atom stereocenters. The van der Waals surface area contributed by atoms with E-state index in [1.807, 2.05) is 4.72 Å². The number of hydrogen-bond acceptors (Lipinski definition) is 3. The van der Waals surface area contributed by atoms with E-state index in [0.29, 0.717) is 13.0 Å².